The van der Waals surface area contributed by atoms with Crippen LogP contribution >= 0.6 is 54.9 Å². The van der Waals surface area contributed by atoms with Crippen LogP contribution in [0, 0.1) is 23.3 Å². The quantitative estimate of drug-likeness (QED) is 0.0251. The number of nitrogens with one attached hydrogen (secondary N) is 4. The van der Waals surface area contributed by atoms with Gasteiger partial charge in [0.15, 0.2) is 5.60 Å². The first-order valence-electron chi connectivity index (χ1n) is 23.5. The molecule has 2 saturated heterocycles. The van der Waals surface area contributed by atoms with E-state index in [9.17, 15) is 51.1 Å². The maximum atomic E-state index is 14.0. The van der Waals surface area contributed by atoms with E-state index < -0.39 is 96.7 Å². The zero-order valence-corrected chi connectivity index (χ0v) is 45.7. The average Bonchev–Trinajstić information content (AvgIpc) is 4.18. The Balaban J connectivity index is 0.000000272. The van der Waals surface area contributed by atoms with Gasteiger partial charge in [-0.15, -0.1) is 0 Å². The standard InChI is InChI=1S/2C20H24BrF2N5O3S.C6H8O7/c2*21-12-9-14(22)13(15(23)10-12)11-31-18-16(17(24)29)19(32-27-18)26-20(30)25-5-1-2-6-28-7-3-4-8-28;7-3(8)1-6(13,5(11)12)2-4(9)10/h2*9-10H,1-8,11H2,(H2,24,29)(H2,25,26,30);13H,1-2H2,(H,7,8)(H,9,10)(H,11,12). The van der Waals surface area contributed by atoms with E-state index in [0.29, 0.717) is 13.1 Å². The summed E-state index contributed by atoms with van der Waals surface area (Å²) in [6, 6.07) is 3.38. The number of urea groups is 2. The van der Waals surface area contributed by atoms with Crippen LogP contribution in [0.2, 0.25) is 0 Å². The molecule has 422 valence electrons. The van der Waals surface area contributed by atoms with Crippen molar-refractivity contribution in [2.45, 2.75) is 83.0 Å². The number of carboxylic acid groups (broad SMARTS) is 3. The number of unbranched alkanes of at least 4 members (excludes halogenated alkanes) is 2. The molecule has 2 fully saturated rings. The van der Waals surface area contributed by atoms with Crippen molar-refractivity contribution in [1.29, 1.82) is 0 Å². The molecule has 0 bridgehead atoms. The van der Waals surface area contributed by atoms with E-state index in [0.717, 1.165) is 112 Å². The smallest absolute Gasteiger partial charge is 0.336 e. The number of nitrogens with two attached hydrogens (primary N) is 2. The molecule has 2 aromatic heterocycles. The molecule has 0 spiro atoms. The van der Waals surface area contributed by atoms with Crippen LogP contribution in [-0.4, -0.2) is 139 Å². The van der Waals surface area contributed by atoms with Crippen LogP contribution in [0.15, 0.2) is 33.2 Å². The van der Waals surface area contributed by atoms with E-state index in [1.807, 2.05) is 0 Å². The van der Waals surface area contributed by atoms with E-state index in [1.165, 1.54) is 25.7 Å². The first-order chi connectivity index (χ1) is 36.5. The number of ether oxygens (including phenoxy) is 2. The molecule has 23 nitrogen and oxygen atoms in total. The molecule has 2 aliphatic heterocycles. The van der Waals surface area contributed by atoms with Crippen LogP contribution in [0.5, 0.6) is 11.8 Å². The number of aliphatic hydroxyl groups is 1. The molecule has 0 unspecified atom stereocenters. The van der Waals surface area contributed by atoms with Gasteiger partial charge in [0.2, 0.25) is 11.8 Å². The van der Waals surface area contributed by atoms with Gasteiger partial charge in [-0.1, -0.05) is 31.9 Å². The van der Waals surface area contributed by atoms with E-state index in [-0.39, 0.29) is 53.0 Å². The predicted molar refractivity (Wildman–Crippen MR) is 279 cm³/mol. The van der Waals surface area contributed by atoms with E-state index >= 15 is 0 Å². The topological polar surface area (TPSA) is 351 Å². The largest absolute Gasteiger partial charge is 0.481 e. The molecule has 31 heteroatoms. The second-order valence-corrected chi connectivity index (χ2v) is 20.5. The number of hydrogen-bond acceptors (Lipinski definition) is 16. The lowest BCUT2D eigenvalue weighted by Gasteiger charge is -2.18. The maximum Gasteiger partial charge on any atom is 0.336 e. The van der Waals surface area contributed by atoms with Gasteiger partial charge in [-0.2, -0.15) is 8.75 Å². The Labute approximate surface area is 462 Å². The third kappa shape index (κ3) is 20.9. The normalized spacial score (nSPS) is 13.3. The van der Waals surface area contributed by atoms with Crippen molar-refractivity contribution < 1.29 is 81.0 Å². The van der Waals surface area contributed by atoms with Gasteiger partial charge >= 0.3 is 30.0 Å². The van der Waals surface area contributed by atoms with Crippen molar-refractivity contribution in [3.63, 3.8) is 0 Å². The summed E-state index contributed by atoms with van der Waals surface area (Å²) in [5.41, 5.74) is 7.11. The third-order valence-electron chi connectivity index (χ3n) is 11.2. The number of benzene rings is 2. The number of rotatable bonds is 25. The van der Waals surface area contributed by atoms with E-state index in [4.69, 9.17) is 41.4 Å². The van der Waals surface area contributed by atoms with Gasteiger partial charge in [0.25, 0.3) is 11.8 Å². The number of aliphatic carboxylic acids is 3. The Kier molecular flexibility index (Phi) is 25.7. The average molecular weight is 1260 g/mol. The fourth-order valence-electron chi connectivity index (χ4n) is 7.40. The number of anilines is 2. The first-order valence-corrected chi connectivity index (χ1v) is 26.7. The number of carboxylic acids is 3. The van der Waals surface area contributed by atoms with Crippen LogP contribution in [0.25, 0.3) is 0 Å². The molecule has 12 N–H and O–H groups in total. The zero-order valence-electron chi connectivity index (χ0n) is 40.9. The second kappa shape index (κ2) is 31.2. The summed E-state index contributed by atoms with van der Waals surface area (Å²) in [5, 5.41) is 44.5. The highest BCUT2D eigenvalue weighted by Gasteiger charge is 2.41. The molecule has 0 aliphatic carbocycles. The fourth-order valence-corrected chi connectivity index (χ4v) is 9.68. The highest BCUT2D eigenvalue weighted by atomic mass is 79.9. The molecule has 77 heavy (non-hydrogen) atoms. The van der Waals surface area contributed by atoms with Crippen LogP contribution in [0.1, 0.15) is 96.1 Å². The highest BCUT2D eigenvalue weighted by Crippen LogP contribution is 2.33. The number of halogens is 6. The van der Waals surface area contributed by atoms with Gasteiger partial charge in [-0.05, 0) is 138 Å². The minimum Gasteiger partial charge on any atom is -0.481 e. The monoisotopic (exact) mass is 1250 g/mol. The lowest BCUT2D eigenvalue weighted by Crippen LogP contribution is -2.42. The summed E-state index contributed by atoms with van der Waals surface area (Å²) in [4.78, 5) is 83.4. The van der Waals surface area contributed by atoms with Gasteiger partial charge in [-0.3, -0.25) is 29.8 Å². The lowest BCUT2D eigenvalue weighted by atomic mass is 9.96. The summed E-state index contributed by atoms with van der Waals surface area (Å²) < 4.78 is 75.0. The Morgan fingerprint density at radius 3 is 1.25 bits per heavy atom. The number of amides is 6. The number of primary amides is 2. The van der Waals surface area contributed by atoms with Crippen molar-refractivity contribution in [2.75, 3.05) is 63.0 Å². The Hall–Kier alpha value is -6.25. The highest BCUT2D eigenvalue weighted by molar-refractivity contribution is 9.10. The molecule has 0 radical (unpaired) electrons. The number of aromatic nitrogens is 2. The number of carbonyl (C=O) groups excluding carboxylic acids is 4. The molecule has 2 aliphatic rings. The first kappa shape index (κ1) is 63.3. The number of nitrogens with zero attached hydrogens (tertiary/aromatic N) is 4. The molecular formula is C46H56Br2F4N10O13S2. The summed E-state index contributed by atoms with van der Waals surface area (Å²) in [6.07, 6.45) is 6.31. The molecular weight excluding hydrogens is 1200 g/mol. The number of carbonyl (C=O) groups is 7. The van der Waals surface area contributed by atoms with Gasteiger partial charge in [0, 0.05) is 22.0 Å². The van der Waals surface area contributed by atoms with Gasteiger partial charge in [-0.25, -0.2) is 31.9 Å². The minimum absolute atomic E-state index is 0.0961. The Morgan fingerprint density at radius 2 is 0.948 bits per heavy atom. The molecule has 2 aromatic carbocycles. The van der Waals surface area contributed by atoms with Crippen LogP contribution in [0.4, 0.5) is 37.2 Å². The van der Waals surface area contributed by atoms with Crippen LogP contribution in [-0.2, 0) is 27.6 Å². The summed E-state index contributed by atoms with van der Waals surface area (Å²) >= 11 is 7.58. The van der Waals surface area contributed by atoms with E-state index in [2.05, 4.69) is 71.7 Å². The van der Waals surface area contributed by atoms with E-state index in [1.54, 1.807) is 0 Å². The molecule has 6 amide bonds. The SMILES string of the molecule is NC(=O)c1c(OCc2c(F)cc(Br)cc2F)nsc1NC(=O)NCCCCN1CCCC1.NC(=O)c1c(OCc2c(F)cc(Br)cc2F)nsc1NC(=O)NCCCCN1CCCC1.O=C(O)CC(O)(CC(=O)O)C(=O)O. The van der Waals surface area contributed by atoms with Crippen molar-refractivity contribution in [3.05, 3.63) is 78.7 Å². The maximum absolute atomic E-state index is 14.0. The molecule has 0 atom stereocenters. The third-order valence-corrected chi connectivity index (χ3v) is 13.7. The molecule has 6 rings (SSSR count). The van der Waals surface area contributed by atoms with Crippen molar-refractivity contribution in [3.8, 4) is 11.8 Å². The fraction of sp³-hybridized carbons (Fsp3) is 0.457. The summed E-state index contributed by atoms with van der Waals surface area (Å²) in [7, 11) is 0. The van der Waals surface area contributed by atoms with Gasteiger partial charge in [0.05, 0.1) is 24.0 Å². The van der Waals surface area contributed by atoms with Gasteiger partial charge < -0.3 is 61.8 Å². The van der Waals surface area contributed by atoms with Crippen molar-refractivity contribution in [1.82, 2.24) is 29.2 Å². The van der Waals surface area contributed by atoms with Crippen molar-refractivity contribution >= 4 is 107 Å². The zero-order chi connectivity index (χ0) is 56.8. The van der Waals surface area contributed by atoms with Crippen LogP contribution in [0.3, 0.4) is 0 Å². The second-order valence-electron chi connectivity index (χ2n) is 17.1. The van der Waals surface area contributed by atoms with Crippen LogP contribution < -0.4 is 42.2 Å². The van der Waals surface area contributed by atoms with Gasteiger partial charge in [0.1, 0.15) is 57.6 Å². The predicted octanol–water partition coefficient (Wildman–Crippen LogP) is 6.47. The minimum atomic E-state index is -2.74. The lowest BCUT2D eigenvalue weighted by molar-refractivity contribution is -0.170. The summed E-state index contributed by atoms with van der Waals surface area (Å²) in [5.74, 6) is -10.4. The molecule has 4 heterocycles. The molecule has 4 aromatic rings. The van der Waals surface area contributed by atoms with Crippen molar-refractivity contribution in [2.24, 2.45) is 11.5 Å². The number of hydrogen-bond donors (Lipinski definition) is 10. The Morgan fingerprint density at radius 1 is 0.610 bits per heavy atom. The summed E-state index contributed by atoms with van der Waals surface area (Å²) in [6.45, 7) is 6.55. The number of likely N-dealkylation sites (tertiary alicyclic amines) is 2. The Bertz CT molecular complexity index is 2500. The molecule has 0 saturated carbocycles.